The van der Waals surface area contributed by atoms with E-state index >= 15 is 0 Å². The van der Waals surface area contributed by atoms with Gasteiger partial charge in [-0.1, -0.05) is 11.6 Å². The highest BCUT2D eigenvalue weighted by molar-refractivity contribution is 5.98. The standard InChI is InChI=1S/C25H35NO7/c1-5-31-24-19(23(29-4)18(3)20-16-33-25(28)22(20)24)8-6-17(2)7-9-21(27)32-15-12-26-10-13-30-14-11-26/h6H,5,7-16H2,1-4H3/b17-6+. The summed E-state index contributed by atoms with van der Waals surface area (Å²) in [7, 11) is 1.62. The van der Waals surface area contributed by atoms with Crippen LogP contribution in [0.2, 0.25) is 0 Å². The maximum Gasteiger partial charge on any atom is 0.342 e. The third-order valence-corrected chi connectivity index (χ3v) is 6.07. The van der Waals surface area contributed by atoms with Crippen molar-refractivity contribution in [3.8, 4) is 11.5 Å². The highest BCUT2D eigenvalue weighted by Crippen LogP contribution is 2.42. The Kier molecular flexibility index (Phi) is 9.14. The van der Waals surface area contributed by atoms with E-state index in [1.165, 1.54) is 0 Å². The summed E-state index contributed by atoms with van der Waals surface area (Å²) in [5.74, 6) is 0.687. The molecule has 2 aliphatic heterocycles. The number of methoxy groups -OCH3 is 1. The molecule has 0 radical (unpaired) electrons. The van der Waals surface area contributed by atoms with Gasteiger partial charge in [0.25, 0.3) is 0 Å². The number of allylic oxidation sites excluding steroid dienone is 2. The molecule has 1 fully saturated rings. The molecular weight excluding hydrogens is 426 g/mol. The van der Waals surface area contributed by atoms with E-state index in [0.717, 1.165) is 55.1 Å². The summed E-state index contributed by atoms with van der Waals surface area (Å²) in [5.41, 5.74) is 4.10. The number of carbonyl (C=O) groups is 2. The number of cyclic esters (lactones) is 1. The van der Waals surface area contributed by atoms with E-state index in [4.69, 9.17) is 23.7 Å². The zero-order valence-electron chi connectivity index (χ0n) is 20.2. The highest BCUT2D eigenvalue weighted by Gasteiger charge is 2.32. The summed E-state index contributed by atoms with van der Waals surface area (Å²) in [6, 6.07) is 0. The molecule has 182 valence electrons. The Labute approximate surface area is 195 Å². The van der Waals surface area contributed by atoms with Gasteiger partial charge in [0, 0.05) is 37.2 Å². The molecule has 2 aliphatic rings. The predicted molar refractivity (Wildman–Crippen MR) is 123 cm³/mol. The second-order valence-electron chi connectivity index (χ2n) is 8.26. The quantitative estimate of drug-likeness (QED) is 0.367. The van der Waals surface area contributed by atoms with Crippen molar-refractivity contribution in [2.45, 2.75) is 46.6 Å². The average molecular weight is 462 g/mol. The molecule has 0 aromatic heterocycles. The number of ether oxygens (including phenoxy) is 5. The molecule has 8 nitrogen and oxygen atoms in total. The molecule has 3 rings (SSSR count). The number of morpholine rings is 1. The predicted octanol–water partition coefficient (Wildman–Crippen LogP) is 3.22. The molecule has 33 heavy (non-hydrogen) atoms. The molecule has 2 heterocycles. The molecular formula is C25H35NO7. The van der Waals surface area contributed by atoms with E-state index < -0.39 is 0 Å². The van der Waals surface area contributed by atoms with E-state index in [0.29, 0.717) is 49.5 Å². The number of hydrogen-bond donors (Lipinski definition) is 0. The molecule has 0 unspecified atom stereocenters. The molecule has 0 aliphatic carbocycles. The summed E-state index contributed by atoms with van der Waals surface area (Å²) in [4.78, 5) is 26.7. The van der Waals surface area contributed by atoms with Gasteiger partial charge in [-0.15, -0.1) is 0 Å². The SMILES string of the molecule is CCOc1c(C/C=C(\C)CCC(=O)OCCN2CCOCC2)c(OC)c(C)c2c1C(=O)OC2. The average Bonchev–Trinajstić information content (AvgIpc) is 3.21. The number of nitrogens with zero attached hydrogens (tertiary/aromatic N) is 1. The summed E-state index contributed by atoms with van der Waals surface area (Å²) in [6.07, 6.45) is 3.51. The van der Waals surface area contributed by atoms with Gasteiger partial charge < -0.3 is 23.7 Å². The summed E-state index contributed by atoms with van der Waals surface area (Å²) < 4.78 is 27.5. The minimum Gasteiger partial charge on any atom is -0.496 e. The number of rotatable bonds is 11. The number of carbonyl (C=O) groups excluding carboxylic acids is 2. The molecule has 1 aromatic carbocycles. The second kappa shape index (κ2) is 12.0. The van der Waals surface area contributed by atoms with Crippen LogP contribution >= 0.6 is 0 Å². The van der Waals surface area contributed by atoms with Crippen LogP contribution in [0.15, 0.2) is 11.6 Å². The first-order valence-electron chi connectivity index (χ1n) is 11.6. The minimum absolute atomic E-state index is 0.195. The van der Waals surface area contributed by atoms with Crippen molar-refractivity contribution in [2.24, 2.45) is 0 Å². The zero-order valence-corrected chi connectivity index (χ0v) is 20.2. The van der Waals surface area contributed by atoms with Crippen LogP contribution in [0.3, 0.4) is 0 Å². The molecule has 0 N–H and O–H groups in total. The fourth-order valence-corrected chi connectivity index (χ4v) is 4.18. The lowest BCUT2D eigenvalue weighted by Crippen LogP contribution is -2.38. The lowest BCUT2D eigenvalue weighted by molar-refractivity contribution is -0.144. The third kappa shape index (κ3) is 6.26. The van der Waals surface area contributed by atoms with Gasteiger partial charge in [0.2, 0.25) is 0 Å². The monoisotopic (exact) mass is 461 g/mol. The summed E-state index contributed by atoms with van der Waals surface area (Å²) in [5, 5.41) is 0. The van der Waals surface area contributed by atoms with Crippen molar-refractivity contribution in [1.29, 1.82) is 0 Å². The lowest BCUT2D eigenvalue weighted by Gasteiger charge is -2.26. The number of hydrogen-bond acceptors (Lipinski definition) is 8. The molecule has 0 atom stereocenters. The maximum atomic E-state index is 12.3. The molecule has 8 heteroatoms. The Bertz CT molecular complexity index is 887. The normalized spacial score (nSPS) is 16.4. The van der Waals surface area contributed by atoms with Gasteiger partial charge in [0.05, 0.1) is 26.9 Å². The molecule has 1 aromatic rings. The number of benzene rings is 1. The molecule has 0 saturated carbocycles. The van der Waals surface area contributed by atoms with E-state index in [-0.39, 0.29) is 18.5 Å². The second-order valence-corrected chi connectivity index (χ2v) is 8.26. The molecule has 0 amide bonds. The zero-order chi connectivity index (χ0) is 23.8. The van der Waals surface area contributed by atoms with E-state index in [1.807, 2.05) is 26.8 Å². The van der Waals surface area contributed by atoms with Gasteiger partial charge in [0.1, 0.15) is 30.3 Å². The molecule has 0 bridgehead atoms. The lowest BCUT2D eigenvalue weighted by atomic mass is 9.94. The van der Waals surface area contributed by atoms with Gasteiger partial charge in [-0.25, -0.2) is 4.79 Å². The van der Waals surface area contributed by atoms with E-state index in [1.54, 1.807) is 7.11 Å². The van der Waals surface area contributed by atoms with Gasteiger partial charge in [-0.2, -0.15) is 0 Å². The van der Waals surface area contributed by atoms with Gasteiger partial charge in [-0.05, 0) is 39.2 Å². The first kappa shape index (κ1) is 25.1. The van der Waals surface area contributed by atoms with Gasteiger partial charge in [0.15, 0.2) is 0 Å². The van der Waals surface area contributed by atoms with Crippen LogP contribution in [-0.4, -0.2) is 70.0 Å². The van der Waals surface area contributed by atoms with Crippen LogP contribution in [0.1, 0.15) is 53.7 Å². The van der Waals surface area contributed by atoms with Crippen LogP contribution in [0.25, 0.3) is 0 Å². The fraction of sp³-hybridized carbons (Fsp3) is 0.600. The Balaban J connectivity index is 1.60. The van der Waals surface area contributed by atoms with Crippen LogP contribution in [0.4, 0.5) is 0 Å². The van der Waals surface area contributed by atoms with Crippen molar-refractivity contribution in [3.05, 3.63) is 33.9 Å². The first-order chi connectivity index (χ1) is 16.0. The molecule has 0 spiro atoms. The van der Waals surface area contributed by atoms with Crippen molar-refractivity contribution in [2.75, 3.05) is 53.2 Å². The highest BCUT2D eigenvalue weighted by atomic mass is 16.5. The van der Waals surface area contributed by atoms with Gasteiger partial charge in [-0.3, -0.25) is 9.69 Å². The summed E-state index contributed by atoms with van der Waals surface area (Å²) >= 11 is 0. The Morgan fingerprint density at radius 3 is 2.64 bits per heavy atom. The van der Waals surface area contributed by atoms with Crippen LogP contribution in [0.5, 0.6) is 11.5 Å². The molecule has 1 saturated heterocycles. The van der Waals surface area contributed by atoms with E-state index in [9.17, 15) is 9.59 Å². The third-order valence-electron chi connectivity index (χ3n) is 6.07. The maximum absolute atomic E-state index is 12.3. The fourth-order valence-electron chi connectivity index (χ4n) is 4.18. The largest absolute Gasteiger partial charge is 0.496 e. The van der Waals surface area contributed by atoms with E-state index in [2.05, 4.69) is 4.90 Å². The first-order valence-corrected chi connectivity index (χ1v) is 11.6. The minimum atomic E-state index is -0.360. The van der Waals surface area contributed by atoms with Crippen molar-refractivity contribution in [1.82, 2.24) is 4.90 Å². The Morgan fingerprint density at radius 2 is 1.94 bits per heavy atom. The van der Waals surface area contributed by atoms with Crippen molar-refractivity contribution >= 4 is 11.9 Å². The van der Waals surface area contributed by atoms with Crippen LogP contribution in [0, 0.1) is 6.92 Å². The van der Waals surface area contributed by atoms with Crippen LogP contribution in [-0.2, 0) is 32.0 Å². The smallest absolute Gasteiger partial charge is 0.342 e. The Hall–Kier alpha value is -2.58. The van der Waals surface area contributed by atoms with Crippen LogP contribution < -0.4 is 9.47 Å². The number of esters is 2. The van der Waals surface area contributed by atoms with Crippen molar-refractivity contribution in [3.63, 3.8) is 0 Å². The topological polar surface area (TPSA) is 83.5 Å². The Morgan fingerprint density at radius 1 is 1.18 bits per heavy atom. The van der Waals surface area contributed by atoms with Crippen molar-refractivity contribution < 1.29 is 33.3 Å². The summed E-state index contributed by atoms with van der Waals surface area (Å²) in [6.45, 7) is 10.8. The number of fused-ring (bicyclic) bond motifs is 1. The van der Waals surface area contributed by atoms with Gasteiger partial charge >= 0.3 is 11.9 Å².